The fourth-order valence-electron chi connectivity index (χ4n) is 2.83. The smallest absolute Gasteiger partial charge is 0.211 e. The summed E-state index contributed by atoms with van der Waals surface area (Å²) in [6, 6.07) is 7.51. The van der Waals surface area contributed by atoms with E-state index >= 15 is 0 Å². The molecule has 1 unspecified atom stereocenters. The van der Waals surface area contributed by atoms with Crippen LogP contribution in [0.1, 0.15) is 33.4 Å². The van der Waals surface area contributed by atoms with E-state index in [0.717, 1.165) is 40.6 Å². The Morgan fingerprint density at radius 2 is 2.10 bits per heavy atom. The summed E-state index contributed by atoms with van der Waals surface area (Å²) in [6.07, 6.45) is 4.56. The van der Waals surface area contributed by atoms with Crippen LogP contribution < -0.4 is 10.1 Å². The van der Waals surface area contributed by atoms with Crippen molar-refractivity contribution in [1.82, 2.24) is 4.98 Å². The number of benzene rings is 1. The van der Waals surface area contributed by atoms with Gasteiger partial charge in [0.1, 0.15) is 11.9 Å². The van der Waals surface area contributed by atoms with E-state index in [-0.39, 0.29) is 6.10 Å². The van der Waals surface area contributed by atoms with Gasteiger partial charge in [0, 0.05) is 35.1 Å². The molecule has 1 N–H and O–H groups in total. The van der Waals surface area contributed by atoms with Crippen molar-refractivity contribution in [3.63, 3.8) is 0 Å². The molecule has 0 radical (unpaired) electrons. The first-order valence-corrected chi connectivity index (χ1v) is 11.2. The molecule has 1 atom stereocenters. The van der Waals surface area contributed by atoms with E-state index in [2.05, 4.69) is 12.2 Å². The average Bonchev–Trinajstić information content (AvgIpc) is 2.74. The quantitative estimate of drug-likeness (QED) is 0.515. The molecule has 1 aliphatic heterocycles. The van der Waals surface area contributed by atoms with Crippen LogP contribution in [0, 0.1) is 5.92 Å². The van der Waals surface area contributed by atoms with Crippen molar-refractivity contribution < 1.29 is 19.0 Å². The zero-order chi connectivity index (χ0) is 22.6. The standard InChI is InChI=1S/C20H24N2O3S.C4H8O/c1-5-9-26-20(6-2)18-11-19(25-14(3)12-24-4)16-10-15(21-13-23)7-8-17(16)22-18;1-4-2-5-3-4/h5-11,13-14H,12H2,1-4H3,(H,21,23);4H,2-3H2,1H3/b9-5-,20-6-;. The zero-order valence-electron chi connectivity index (χ0n) is 18.9. The highest BCUT2D eigenvalue weighted by molar-refractivity contribution is 8.10. The summed E-state index contributed by atoms with van der Waals surface area (Å²) < 4.78 is 16.1. The van der Waals surface area contributed by atoms with Crippen LogP contribution in [0.15, 0.2) is 41.8 Å². The van der Waals surface area contributed by atoms with Crippen molar-refractivity contribution in [2.24, 2.45) is 5.92 Å². The molecule has 1 fully saturated rings. The predicted octanol–water partition coefficient (Wildman–Crippen LogP) is 5.50. The second-order valence-electron chi connectivity index (χ2n) is 7.27. The van der Waals surface area contributed by atoms with Crippen molar-refractivity contribution in [1.29, 1.82) is 0 Å². The van der Waals surface area contributed by atoms with Gasteiger partial charge in [0.2, 0.25) is 6.41 Å². The summed E-state index contributed by atoms with van der Waals surface area (Å²) in [5.74, 6) is 1.56. The normalized spacial score (nSPS) is 15.2. The fourth-order valence-corrected chi connectivity index (χ4v) is 3.48. The highest BCUT2D eigenvalue weighted by atomic mass is 32.2. The van der Waals surface area contributed by atoms with Gasteiger partial charge in [-0.15, -0.1) is 0 Å². The number of anilines is 1. The molecule has 1 saturated heterocycles. The summed E-state index contributed by atoms with van der Waals surface area (Å²) >= 11 is 1.61. The Labute approximate surface area is 189 Å². The molecule has 0 aliphatic carbocycles. The number of allylic oxidation sites excluding steroid dienone is 2. The maximum atomic E-state index is 10.7. The molecule has 2 heterocycles. The van der Waals surface area contributed by atoms with E-state index in [9.17, 15) is 4.79 Å². The van der Waals surface area contributed by atoms with Crippen LogP contribution >= 0.6 is 11.8 Å². The zero-order valence-corrected chi connectivity index (χ0v) is 19.7. The summed E-state index contributed by atoms with van der Waals surface area (Å²) in [6.45, 7) is 10.6. The Hall–Kier alpha value is -2.35. The number of methoxy groups -OCH3 is 1. The van der Waals surface area contributed by atoms with Gasteiger partial charge in [-0.25, -0.2) is 4.98 Å². The van der Waals surface area contributed by atoms with E-state index < -0.39 is 0 Å². The fraction of sp³-hybridized carbons (Fsp3) is 0.417. The molecule has 31 heavy (non-hydrogen) atoms. The van der Waals surface area contributed by atoms with E-state index in [0.29, 0.717) is 24.5 Å². The van der Waals surface area contributed by atoms with E-state index in [4.69, 9.17) is 19.2 Å². The first-order valence-electron chi connectivity index (χ1n) is 10.3. The van der Waals surface area contributed by atoms with Crippen LogP contribution in [0.2, 0.25) is 0 Å². The van der Waals surface area contributed by atoms with Gasteiger partial charge in [0.15, 0.2) is 0 Å². The van der Waals surface area contributed by atoms with Crippen LogP contribution in [0.4, 0.5) is 5.69 Å². The molecule has 0 bridgehead atoms. The number of carbonyl (C=O) groups is 1. The molecule has 2 aromatic rings. The highest BCUT2D eigenvalue weighted by Gasteiger charge is 2.13. The van der Waals surface area contributed by atoms with Gasteiger partial charge >= 0.3 is 0 Å². The second kappa shape index (κ2) is 13.1. The maximum Gasteiger partial charge on any atom is 0.211 e. The number of pyridine rings is 1. The second-order valence-corrected chi connectivity index (χ2v) is 8.21. The van der Waals surface area contributed by atoms with Crippen molar-refractivity contribution in [3.8, 4) is 5.75 Å². The molecule has 1 aliphatic rings. The molecule has 6 nitrogen and oxygen atoms in total. The van der Waals surface area contributed by atoms with Gasteiger partial charge in [-0.05, 0) is 44.4 Å². The molecule has 1 aromatic carbocycles. The Kier molecular flexibility index (Phi) is 10.6. The predicted molar refractivity (Wildman–Crippen MR) is 129 cm³/mol. The van der Waals surface area contributed by atoms with Gasteiger partial charge in [-0.1, -0.05) is 30.8 Å². The van der Waals surface area contributed by atoms with Gasteiger partial charge in [-0.3, -0.25) is 4.79 Å². The van der Waals surface area contributed by atoms with Gasteiger partial charge in [0.05, 0.1) is 31.0 Å². The lowest BCUT2D eigenvalue weighted by Gasteiger charge is -2.20. The molecule has 7 heteroatoms. The van der Waals surface area contributed by atoms with Crippen molar-refractivity contribution in [3.05, 3.63) is 47.5 Å². The summed E-state index contributed by atoms with van der Waals surface area (Å²) in [5, 5.41) is 5.53. The number of hydrogen-bond donors (Lipinski definition) is 1. The maximum absolute atomic E-state index is 10.7. The molecular weight excluding hydrogens is 412 g/mol. The lowest BCUT2D eigenvalue weighted by molar-refractivity contribution is -0.105. The minimum absolute atomic E-state index is 0.113. The number of hydrogen-bond acceptors (Lipinski definition) is 6. The monoisotopic (exact) mass is 444 g/mol. The number of thioether (sulfide) groups is 1. The third kappa shape index (κ3) is 7.69. The first-order chi connectivity index (χ1) is 15.0. The number of rotatable bonds is 9. The lowest BCUT2D eigenvalue weighted by atomic mass is 10.1. The van der Waals surface area contributed by atoms with Crippen molar-refractivity contribution in [2.75, 3.05) is 32.2 Å². The summed E-state index contributed by atoms with van der Waals surface area (Å²) in [5.41, 5.74) is 2.35. The number of aromatic nitrogens is 1. The van der Waals surface area contributed by atoms with E-state index in [1.165, 1.54) is 0 Å². The minimum atomic E-state index is -0.113. The van der Waals surface area contributed by atoms with Crippen LogP contribution in [-0.4, -0.2) is 44.4 Å². The largest absolute Gasteiger partial charge is 0.488 e. The van der Waals surface area contributed by atoms with Gasteiger partial charge in [-0.2, -0.15) is 0 Å². The Morgan fingerprint density at radius 1 is 1.35 bits per heavy atom. The molecule has 168 valence electrons. The molecule has 0 saturated carbocycles. The van der Waals surface area contributed by atoms with Gasteiger partial charge < -0.3 is 19.5 Å². The number of carbonyl (C=O) groups excluding carboxylic acids is 1. The van der Waals surface area contributed by atoms with Gasteiger partial charge in [0.25, 0.3) is 0 Å². The average molecular weight is 445 g/mol. The number of nitrogens with one attached hydrogen (secondary N) is 1. The SMILES string of the molecule is C/C=C\S/C(=C\C)c1cc(OC(C)COC)c2cc(NC=O)ccc2n1.CC1COC1. The summed E-state index contributed by atoms with van der Waals surface area (Å²) in [7, 11) is 1.65. The molecule has 3 rings (SSSR count). The summed E-state index contributed by atoms with van der Waals surface area (Å²) in [4.78, 5) is 16.6. The topological polar surface area (TPSA) is 69.7 Å². The van der Waals surface area contributed by atoms with Crippen LogP contribution in [0.3, 0.4) is 0 Å². The number of amides is 1. The van der Waals surface area contributed by atoms with E-state index in [1.807, 2.05) is 62.6 Å². The lowest BCUT2D eigenvalue weighted by Crippen LogP contribution is -2.23. The third-order valence-corrected chi connectivity index (χ3v) is 5.48. The number of nitrogens with zero attached hydrogens (tertiary/aromatic N) is 1. The molecule has 1 aromatic heterocycles. The molecule has 1 amide bonds. The Balaban J connectivity index is 0.000000597. The Morgan fingerprint density at radius 3 is 2.65 bits per heavy atom. The van der Waals surface area contributed by atoms with Crippen LogP contribution in [-0.2, 0) is 14.3 Å². The third-order valence-electron chi connectivity index (χ3n) is 4.38. The molecular formula is C24H32N2O4S. The van der Waals surface area contributed by atoms with Crippen molar-refractivity contribution >= 4 is 39.7 Å². The molecule has 0 spiro atoms. The Bertz CT molecular complexity index is 910. The number of ether oxygens (including phenoxy) is 3. The van der Waals surface area contributed by atoms with Crippen LogP contribution in [0.5, 0.6) is 5.75 Å². The highest BCUT2D eigenvalue weighted by Crippen LogP contribution is 2.34. The van der Waals surface area contributed by atoms with Crippen molar-refractivity contribution in [2.45, 2.75) is 33.8 Å². The first kappa shape index (κ1) is 24.9. The number of fused-ring (bicyclic) bond motifs is 1. The minimum Gasteiger partial charge on any atom is -0.488 e. The van der Waals surface area contributed by atoms with Crippen LogP contribution in [0.25, 0.3) is 15.8 Å². The van der Waals surface area contributed by atoms with E-state index in [1.54, 1.807) is 18.9 Å².